The summed E-state index contributed by atoms with van der Waals surface area (Å²) in [7, 11) is 1.78. The number of carbonyl (C=O) groups excluding carboxylic acids is 1. The normalized spacial score (nSPS) is 24.8. The van der Waals surface area contributed by atoms with Crippen molar-refractivity contribution in [2.75, 3.05) is 32.0 Å². The Morgan fingerprint density at radius 2 is 1.71 bits per heavy atom. The first-order chi connectivity index (χ1) is 13.7. The molecule has 1 aliphatic carbocycles. The van der Waals surface area contributed by atoms with Gasteiger partial charge < -0.3 is 10.2 Å². The van der Waals surface area contributed by atoms with E-state index in [0.717, 1.165) is 38.9 Å². The molecule has 4 heterocycles. The van der Waals surface area contributed by atoms with E-state index in [-0.39, 0.29) is 5.91 Å². The first-order valence-electron chi connectivity index (χ1n) is 10.3. The van der Waals surface area contributed by atoms with Crippen molar-refractivity contribution in [2.24, 2.45) is 5.92 Å². The number of anilines is 1. The number of nitrogens with zero attached hydrogens (tertiary/aromatic N) is 4. The molecule has 3 fully saturated rings. The highest BCUT2D eigenvalue weighted by Crippen LogP contribution is 2.33. The highest BCUT2D eigenvalue weighted by atomic mass is 16.2. The average molecular weight is 377 g/mol. The molecule has 0 saturated carbocycles. The second-order valence-electron chi connectivity index (χ2n) is 8.38. The molecule has 0 radical (unpaired) electrons. The molecule has 4 aliphatic rings. The zero-order chi connectivity index (χ0) is 19.1. The summed E-state index contributed by atoms with van der Waals surface area (Å²) in [6, 6.07) is 9.70. The summed E-state index contributed by atoms with van der Waals surface area (Å²) in [6.45, 7) is 2.94. The molecule has 2 atom stereocenters. The van der Waals surface area contributed by atoms with Crippen LogP contribution in [-0.4, -0.2) is 64.4 Å². The van der Waals surface area contributed by atoms with Crippen LogP contribution in [0.25, 0.3) is 0 Å². The van der Waals surface area contributed by atoms with Gasteiger partial charge >= 0.3 is 0 Å². The maximum Gasteiger partial charge on any atom is 0.257 e. The Hall–Kier alpha value is -2.47. The van der Waals surface area contributed by atoms with Crippen molar-refractivity contribution in [3.8, 4) is 0 Å². The summed E-state index contributed by atoms with van der Waals surface area (Å²) in [5.74, 6) is 1.18. The third-order valence-corrected chi connectivity index (χ3v) is 6.67. The monoisotopic (exact) mass is 377 g/mol. The molecule has 1 aromatic carbocycles. The second-order valence-corrected chi connectivity index (χ2v) is 8.38. The Labute approximate surface area is 166 Å². The lowest BCUT2D eigenvalue weighted by Crippen LogP contribution is -2.48. The predicted octanol–water partition coefficient (Wildman–Crippen LogP) is 2.22. The van der Waals surface area contributed by atoms with Gasteiger partial charge in [0.25, 0.3) is 5.91 Å². The smallest absolute Gasteiger partial charge is 0.257 e. The fourth-order valence-corrected chi connectivity index (χ4v) is 5.19. The molecule has 28 heavy (non-hydrogen) atoms. The van der Waals surface area contributed by atoms with Crippen LogP contribution >= 0.6 is 0 Å². The van der Waals surface area contributed by atoms with E-state index in [1.807, 2.05) is 0 Å². The Morgan fingerprint density at radius 1 is 1.00 bits per heavy atom. The number of carbonyl (C=O) groups is 1. The Balaban J connectivity index is 1.32. The maximum atomic E-state index is 13.2. The molecular formula is C22H27N5O. The van der Waals surface area contributed by atoms with E-state index in [2.05, 4.69) is 49.4 Å². The minimum atomic E-state index is 0.0777. The number of benzene rings is 1. The molecule has 6 nitrogen and oxygen atoms in total. The number of rotatable bonds is 3. The van der Waals surface area contributed by atoms with Crippen LogP contribution in [0, 0.1) is 5.92 Å². The molecule has 2 aromatic rings. The number of nitrogens with one attached hydrogen (secondary N) is 1. The second kappa shape index (κ2) is 7.17. The van der Waals surface area contributed by atoms with E-state index in [4.69, 9.17) is 0 Å². The number of hydrogen-bond donors (Lipinski definition) is 1. The van der Waals surface area contributed by atoms with Gasteiger partial charge in [0.1, 0.15) is 0 Å². The van der Waals surface area contributed by atoms with Crippen LogP contribution < -0.4 is 5.32 Å². The summed E-state index contributed by atoms with van der Waals surface area (Å²) in [4.78, 5) is 26.3. The van der Waals surface area contributed by atoms with Gasteiger partial charge in [0.05, 0.1) is 5.56 Å². The molecule has 3 aliphatic heterocycles. The fourth-order valence-electron chi connectivity index (χ4n) is 5.19. The molecule has 1 amide bonds. The molecule has 6 heteroatoms. The summed E-state index contributed by atoms with van der Waals surface area (Å²) in [5.41, 5.74) is 3.59. The van der Waals surface area contributed by atoms with Gasteiger partial charge in [0.15, 0.2) is 0 Å². The Bertz CT molecular complexity index is 842. The zero-order valence-electron chi connectivity index (χ0n) is 16.3. The largest absolute Gasteiger partial charge is 0.357 e. The lowest BCUT2D eigenvalue weighted by atomic mass is 9.94. The van der Waals surface area contributed by atoms with Crippen molar-refractivity contribution in [1.29, 1.82) is 0 Å². The van der Waals surface area contributed by atoms with Gasteiger partial charge in [0, 0.05) is 51.2 Å². The van der Waals surface area contributed by atoms with Gasteiger partial charge in [-0.3, -0.25) is 9.69 Å². The van der Waals surface area contributed by atoms with E-state index in [1.54, 1.807) is 19.4 Å². The molecule has 6 rings (SSSR count). The van der Waals surface area contributed by atoms with Crippen molar-refractivity contribution >= 4 is 11.9 Å². The minimum absolute atomic E-state index is 0.0777. The minimum Gasteiger partial charge on any atom is -0.357 e. The number of fused-ring (bicyclic) bond motifs is 5. The van der Waals surface area contributed by atoms with Crippen LogP contribution in [0.15, 0.2) is 36.7 Å². The number of aromatic nitrogens is 2. The number of hydrogen-bond acceptors (Lipinski definition) is 5. The molecule has 0 spiro atoms. The molecule has 1 N–H and O–H groups in total. The van der Waals surface area contributed by atoms with Crippen LogP contribution in [0.4, 0.5) is 5.95 Å². The van der Waals surface area contributed by atoms with Gasteiger partial charge in [-0.05, 0) is 42.7 Å². The lowest BCUT2D eigenvalue weighted by molar-refractivity contribution is 0.0581. The van der Waals surface area contributed by atoms with Gasteiger partial charge in [-0.15, -0.1) is 0 Å². The standard InChI is InChI=1S/C22H27N5O/c1-23-22-24-10-18(11-25-22)21(28)27-13-15-6-7-19(27)14-26(12-15)20-8-16-4-2-3-5-17(16)9-20/h2-5,10-11,15,19-20H,6-9,12-14H2,1H3,(H,23,24,25)/t15-,19+/m0/s1. The molecular weight excluding hydrogens is 350 g/mol. The molecule has 0 unspecified atom stereocenters. The third-order valence-electron chi connectivity index (χ3n) is 6.67. The molecule has 146 valence electrons. The van der Waals surface area contributed by atoms with Crippen LogP contribution in [0.5, 0.6) is 0 Å². The first kappa shape index (κ1) is 17.6. The summed E-state index contributed by atoms with van der Waals surface area (Å²) in [6.07, 6.45) is 7.89. The van der Waals surface area contributed by atoms with E-state index in [1.165, 1.54) is 17.5 Å². The number of piperidine rings is 1. The van der Waals surface area contributed by atoms with Gasteiger partial charge in [-0.25, -0.2) is 9.97 Å². The molecule has 1 aromatic heterocycles. The third kappa shape index (κ3) is 3.15. The van der Waals surface area contributed by atoms with E-state index in [0.29, 0.717) is 29.5 Å². The first-order valence-corrected chi connectivity index (χ1v) is 10.3. The molecule has 2 bridgehead atoms. The SMILES string of the molecule is CNc1ncc(C(=O)N2C[C@H]3CC[C@@H]2CN(C2Cc4ccccc4C2)C3)cn1. The van der Waals surface area contributed by atoms with E-state index < -0.39 is 0 Å². The highest BCUT2D eigenvalue weighted by Gasteiger charge is 2.40. The van der Waals surface area contributed by atoms with E-state index >= 15 is 0 Å². The summed E-state index contributed by atoms with van der Waals surface area (Å²) in [5, 5.41) is 2.90. The predicted molar refractivity (Wildman–Crippen MR) is 108 cm³/mol. The van der Waals surface area contributed by atoms with Gasteiger partial charge in [-0.1, -0.05) is 24.3 Å². The van der Waals surface area contributed by atoms with Crippen molar-refractivity contribution in [3.63, 3.8) is 0 Å². The van der Waals surface area contributed by atoms with Crippen molar-refractivity contribution in [2.45, 2.75) is 37.8 Å². The average Bonchev–Trinajstić information content (AvgIpc) is 2.96. The zero-order valence-corrected chi connectivity index (χ0v) is 16.3. The quantitative estimate of drug-likeness (QED) is 0.889. The lowest BCUT2D eigenvalue weighted by Gasteiger charge is -2.36. The number of amides is 1. The highest BCUT2D eigenvalue weighted by molar-refractivity contribution is 5.94. The summed E-state index contributed by atoms with van der Waals surface area (Å²) >= 11 is 0. The molecule has 3 saturated heterocycles. The topological polar surface area (TPSA) is 61.4 Å². The van der Waals surface area contributed by atoms with Gasteiger partial charge in [-0.2, -0.15) is 0 Å². The Morgan fingerprint density at radius 3 is 2.39 bits per heavy atom. The van der Waals surface area contributed by atoms with Crippen LogP contribution in [0.2, 0.25) is 0 Å². The van der Waals surface area contributed by atoms with Crippen molar-refractivity contribution in [3.05, 3.63) is 53.3 Å². The van der Waals surface area contributed by atoms with Crippen LogP contribution in [0.3, 0.4) is 0 Å². The fraction of sp³-hybridized carbons (Fsp3) is 0.500. The maximum absolute atomic E-state index is 13.2. The van der Waals surface area contributed by atoms with E-state index in [9.17, 15) is 4.79 Å². The summed E-state index contributed by atoms with van der Waals surface area (Å²) < 4.78 is 0. The Kier molecular flexibility index (Phi) is 4.51. The van der Waals surface area contributed by atoms with Crippen molar-refractivity contribution in [1.82, 2.24) is 19.8 Å². The van der Waals surface area contributed by atoms with Crippen LogP contribution in [0.1, 0.15) is 34.3 Å². The van der Waals surface area contributed by atoms with Crippen molar-refractivity contribution < 1.29 is 4.79 Å². The van der Waals surface area contributed by atoms with Gasteiger partial charge in [0.2, 0.25) is 5.95 Å². The van der Waals surface area contributed by atoms with Crippen LogP contribution in [-0.2, 0) is 12.8 Å².